The van der Waals surface area contributed by atoms with Crippen LogP contribution in [0.2, 0.25) is 0 Å². The Morgan fingerprint density at radius 1 is 1.38 bits per heavy atom. The van der Waals surface area contributed by atoms with E-state index in [-0.39, 0.29) is 12.1 Å². The van der Waals surface area contributed by atoms with Crippen LogP contribution in [0.1, 0.15) is 18.2 Å². The van der Waals surface area contributed by atoms with Crippen LogP contribution in [-0.4, -0.2) is 17.4 Å². The van der Waals surface area contributed by atoms with Gasteiger partial charge >= 0.3 is 0 Å². The lowest BCUT2D eigenvalue weighted by atomic mass is 10.1. The molecule has 1 aromatic heterocycles. The maximum Gasteiger partial charge on any atom is 0.222 e. The maximum absolute atomic E-state index is 11.1. The molecule has 1 amide bonds. The van der Waals surface area contributed by atoms with E-state index in [1.807, 2.05) is 12.1 Å². The van der Waals surface area contributed by atoms with E-state index >= 15 is 0 Å². The molecule has 0 radical (unpaired) electrons. The number of hydrogen-bond acceptors (Lipinski definition) is 3. The van der Waals surface area contributed by atoms with E-state index in [1.54, 1.807) is 12.4 Å². The summed E-state index contributed by atoms with van der Waals surface area (Å²) in [5.41, 5.74) is 1.04. The highest BCUT2D eigenvalue weighted by Gasteiger charge is 2.17. The van der Waals surface area contributed by atoms with Crippen LogP contribution in [-0.2, 0) is 4.79 Å². The molecule has 1 aromatic rings. The molecule has 1 aliphatic heterocycles. The van der Waals surface area contributed by atoms with Crippen molar-refractivity contribution in [2.45, 2.75) is 12.6 Å². The van der Waals surface area contributed by atoms with Crippen LogP contribution < -0.4 is 10.6 Å². The van der Waals surface area contributed by atoms with Crippen LogP contribution in [0.4, 0.5) is 0 Å². The average molecular weight is 177 g/mol. The first kappa shape index (κ1) is 8.19. The Hall–Kier alpha value is -1.42. The zero-order chi connectivity index (χ0) is 9.10. The Bertz CT molecular complexity index is 299. The standard InChI is InChI=1S/C9H11N3O/c13-8-3-6-11-9(12-8)7-1-4-10-5-2-7/h1-2,4-5,9,11H,3,6H2,(H,12,13). The first-order valence-corrected chi connectivity index (χ1v) is 4.29. The number of aromatic nitrogens is 1. The molecule has 1 saturated heterocycles. The summed E-state index contributed by atoms with van der Waals surface area (Å²) < 4.78 is 0. The van der Waals surface area contributed by atoms with Crippen molar-refractivity contribution >= 4 is 5.91 Å². The number of pyridine rings is 1. The molecule has 0 bridgehead atoms. The van der Waals surface area contributed by atoms with E-state index in [0.717, 1.165) is 12.1 Å². The fourth-order valence-corrected chi connectivity index (χ4v) is 1.37. The summed E-state index contributed by atoms with van der Waals surface area (Å²) in [6, 6.07) is 3.78. The molecule has 1 unspecified atom stereocenters. The second kappa shape index (κ2) is 3.53. The summed E-state index contributed by atoms with van der Waals surface area (Å²) in [6.07, 6.45) is 3.95. The minimum absolute atomic E-state index is 0.0516. The lowest BCUT2D eigenvalue weighted by Crippen LogP contribution is -2.44. The Balaban J connectivity index is 2.13. The maximum atomic E-state index is 11.1. The lowest BCUT2D eigenvalue weighted by molar-refractivity contribution is -0.123. The normalized spacial score (nSPS) is 22.5. The molecule has 2 N–H and O–H groups in total. The van der Waals surface area contributed by atoms with Gasteiger partial charge in [-0.1, -0.05) is 0 Å². The fraction of sp³-hybridized carbons (Fsp3) is 0.333. The van der Waals surface area contributed by atoms with Gasteiger partial charge in [0.15, 0.2) is 0 Å². The molecule has 4 nitrogen and oxygen atoms in total. The summed E-state index contributed by atoms with van der Waals surface area (Å²) in [6.45, 7) is 0.735. The molecule has 2 rings (SSSR count). The van der Waals surface area contributed by atoms with Gasteiger partial charge in [-0.25, -0.2) is 0 Å². The van der Waals surface area contributed by atoms with Crippen molar-refractivity contribution in [3.63, 3.8) is 0 Å². The highest BCUT2D eigenvalue weighted by atomic mass is 16.1. The van der Waals surface area contributed by atoms with Gasteiger partial charge in [-0.05, 0) is 17.7 Å². The SMILES string of the molecule is O=C1CCNC(c2ccncc2)N1. The predicted octanol–water partition coefficient (Wildman–Crippen LogP) is 0.190. The molecule has 4 heteroatoms. The first-order valence-electron chi connectivity index (χ1n) is 4.29. The van der Waals surface area contributed by atoms with Gasteiger partial charge in [-0.3, -0.25) is 15.1 Å². The summed E-state index contributed by atoms with van der Waals surface area (Å²) in [5.74, 6) is 0.0977. The predicted molar refractivity (Wildman–Crippen MR) is 47.7 cm³/mol. The van der Waals surface area contributed by atoms with E-state index in [2.05, 4.69) is 15.6 Å². The van der Waals surface area contributed by atoms with Crippen LogP contribution in [0.3, 0.4) is 0 Å². The number of rotatable bonds is 1. The van der Waals surface area contributed by atoms with Crippen molar-refractivity contribution in [2.24, 2.45) is 0 Å². The van der Waals surface area contributed by atoms with E-state index in [1.165, 1.54) is 0 Å². The van der Waals surface area contributed by atoms with E-state index in [9.17, 15) is 4.79 Å². The van der Waals surface area contributed by atoms with Gasteiger partial charge in [0, 0.05) is 25.4 Å². The van der Waals surface area contributed by atoms with Gasteiger partial charge in [-0.2, -0.15) is 0 Å². The van der Waals surface area contributed by atoms with Gasteiger partial charge in [0.05, 0.1) is 0 Å². The van der Waals surface area contributed by atoms with Crippen LogP contribution in [0.25, 0.3) is 0 Å². The second-order valence-electron chi connectivity index (χ2n) is 2.99. The van der Waals surface area contributed by atoms with Crippen molar-refractivity contribution in [3.8, 4) is 0 Å². The lowest BCUT2D eigenvalue weighted by Gasteiger charge is -2.24. The summed E-state index contributed by atoms with van der Waals surface area (Å²) in [4.78, 5) is 15.0. The molecule has 1 fully saturated rings. The van der Waals surface area contributed by atoms with Crippen LogP contribution in [0, 0.1) is 0 Å². The molecule has 68 valence electrons. The Morgan fingerprint density at radius 3 is 2.85 bits per heavy atom. The minimum Gasteiger partial charge on any atom is -0.337 e. The van der Waals surface area contributed by atoms with Crippen molar-refractivity contribution in [2.75, 3.05) is 6.54 Å². The molecule has 13 heavy (non-hydrogen) atoms. The Kier molecular flexibility index (Phi) is 2.23. The summed E-state index contributed by atoms with van der Waals surface area (Å²) in [5, 5.41) is 6.06. The number of nitrogens with zero attached hydrogens (tertiary/aromatic N) is 1. The largest absolute Gasteiger partial charge is 0.337 e. The first-order chi connectivity index (χ1) is 6.36. The van der Waals surface area contributed by atoms with Crippen LogP contribution >= 0.6 is 0 Å². The van der Waals surface area contributed by atoms with Crippen LogP contribution in [0.15, 0.2) is 24.5 Å². The van der Waals surface area contributed by atoms with Gasteiger partial charge in [0.1, 0.15) is 6.17 Å². The monoisotopic (exact) mass is 177 g/mol. The Morgan fingerprint density at radius 2 is 2.15 bits per heavy atom. The highest BCUT2D eigenvalue weighted by molar-refractivity contribution is 5.77. The minimum atomic E-state index is -0.0516. The van der Waals surface area contributed by atoms with Gasteiger partial charge in [-0.15, -0.1) is 0 Å². The number of carbonyl (C=O) groups excluding carboxylic acids is 1. The third kappa shape index (κ3) is 1.84. The smallest absolute Gasteiger partial charge is 0.222 e. The average Bonchev–Trinajstić information content (AvgIpc) is 2.19. The van der Waals surface area contributed by atoms with Gasteiger partial charge in [0.25, 0.3) is 0 Å². The zero-order valence-electron chi connectivity index (χ0n) is 7.16. The number of carbonyl (C=O) groups is 1. The molecule has 2 heterocycles. The third-order valence-electron chi connectivity index (χ3n) is 2.05. The number of amides is 1. The van der Waals surface area contributed by atoms with E-state index in [0.29, 0.717) is 6.42 Å². The number of nitrogens with one attached hydrogen (secondary N) is 2. The molecular weight excluding hydrogens is 166 g/mol. The summed E-state index contributed by atoms with van der Waals surface area (Å²) in [7, 11) is 0. The second-order valence-corrected chi connectivity index (χ2v) is 2.99. The molecule has 0 spiro atoms. The third-order valence-corrected chi connectivity index (χ3v) is 2.05. The molecule has 0 saturated carbocycles. The molecule has 1 atom stereocenters. The van der Waals surface area contributed by atoms with Crippen LogP contribution in [0.5, 0.6) is 0 Å². The van der Waals surface area contributed by atoms with Crippen molar-refractivity contribution in [1.82, 2.24) is 15.6 Å². The molecule has 0 aliphatic carbocycles. The van der Waals surface area contributed by atoms with E-state index in [4.69, 9.17) is 0 Å². The topological polar surface area (TPSA) is 54.0 Å². The quantitative estimate of drug-likeness (QED) is 0.643. The molecule has 0 aromatic carbocycles. The Labute approximate surface area is 76.4 Å². The summed E-state index contributed by atoms with van der Waals surface area (Å²) >= 11 is 0. The molecular formula is C9H11N3O. The number of hydrogen-bond donors (Lipinski definition) is 2. The van der Waals surface area contributed by atoms with E-state index < -0.39 is 0 Å². The van der Waals surface area contributed by atoms with Crippen molar-refractivity contribution in [1.29, 1.82) is 0 Å². The molecule has 1 aliphatic rings. The highest BCUT2D eigenvalue weighted by Crippen LogP contribution is 2.10. The van der Waals surface area contributed by atoms with Gasteiger partial charge in [0.2, 0.25) is 5.91 Å². The van der Waals surface area contributed by atoms with Crippen molar-refractivity contribution < 1.29 is 4.79 Å². The zero-order valence-corrected chi connectivity index (χ0v) is 7.16. The van der Waals surface area contributed by atoms with Crippen molar-refractivity contribution in [3.05, 3.63) is 30.1 Å². The fourth-order valence-electron chi connectivity index (χ4n) is 1.37. The van der Waals surface area contributed by atoms with Gasteiger partial charge < -0.3 is 5.32 Å².